The predicted molar refractivity (Wildman–Crippen MR) is 81.3 cm³/mol. The molecule has 1 aliphatic heterocycles. The first-order chi connectivity index (χ1) is 11.1. The quantitative estimate of drug-likeness (QED) is 0.828. The van der Waals surface area contributed by atoms with Crippen molar-refractivity contribution >= 4 is 15.9 Å². The zero-order valence-corrected chi connectivity index (χ0v) is 14.1. The summed E-state index contributed by atoms with van der Waals surface area (Å²) in [5.41, 5.74) is 0. The summed E-state index contributed by atoms with van der Waals surface area (Å²) in [5.74, 6) is -2.50. The molecule has 1 heterocycles. The predicted octanol–water partition coefficient (Wildman–Crippen LogP) is 2.45. The number of rotatable bonds is 3. The van der Waals surface area contributed by atoms with Crippen LogP contribution >= 0.6 is 0 Å². The Hall–Kier alpha value is -1.61. The molecule has 24 heavy (non-hydrogen) atoms. The molecule has 0 N–H and O–H groups in total. The Bertz CT molecular complexity index is 690. The van der Waals surface area contributed by atoms with Crippen molar-refractivity contribution < 1.29 is 26.4 Å². The molecular formula is C15H19F3N2O3S. The van der Waals surface area contributed by atoms with E-state index >= 15 is 0 Å². The monoisotopic (exact) mass is 364 g/mol. The van der Waals surface area contributed by atoms with E-state index in [9.17, 15) is 26.4 Å². The highest BCUT2D eigenvalue weighted by Gasteiger charge is 2.49. The van der Waals surface area contributed by atoms with E-state index in [-0.39, 0.29) is 24.4 Å². The molecule has 1 atom stereocenters. The van der Waals surface area contributed by atoms with Gasteiger partial charge < -0.3 is 4.90 Å². The van der Waals surface area contributed by atoms with E-state index in [0.29, 0.717) is 4.90 Å². The van der Waals surface area contributed by atoms with Crippen LogP contribution in [0.5, 0.6) is 0 Å². The number of hydrogen-bond donors (Lipinski definition) is 0. The summed E-state index contributed by atoms with van der Waals surface area (Å²) in [7, 11) is -4.00. The topological polar surface area (TPSA) is 57.7 Å². The third-order valence-corrected chi connectivity index (χ3v) is 5.73. The van der Waals surface area contributed by atoms with E-state index in [0.717, 1.165) is 4.31 Å². The summed E-state index contributed by atoms with van der Waals surface area (Å²) in [4.78, 5) is 12.3. The van der Waals surface area contributed by atoms with Crippen molar-refractivity contribution in [1.82, 2.24) is 9.21 Å². The van der Waals surface area contributed by atoms with Gasteiger partial charge in [0.15, 0.2) is 0 Å². The molecule has 1 aliphatic rings. The molecule has 0 radical (unpaired) electrons. The van der Waals surface area contributed by atoms with Crippen LogP contribution in [0.2, 0.25) is 0 Å². The fraction of sp³-hybridized carbons (Fsp3) is 0.533. The second-order valence-corrected chi connectivity index (χ2v) is 7.83. The molecule has 1 amide bonds. The van der Waals surface area contributed by atoms with Crippen LogP contribution in [0.3, 0.4) is 0 Å². The molecule has 9 heteroatoms. The molecule has 0 bridgehead atoms. The van der Waals surface area contributed by atoms with Gasteiger partial charge in [-0.15, -0.1) is 0 Å². The minimum Gasteiger partial charge on any atom is -0.318 e. The van der Waals surface area contributed by atoms with Crippen molar-refractivity contribution in [2.45, 2.75) is 37.5 Å². The molecule has 134 valence electrons. The maximum atomic E-state index is 12.9. The molecule has 2 rings (SSSR count). The minimum atomic E-state index is -5.04. The van der Waals surface area contributed by atoms with E-state index in [1.54, 1.807) is 32.0 Å². The van der Waals surface area contributed by atoms with Gasteiger partial charge in [-0.05, 0) is 24.5 Å². The summed E-state index contributed by atoms with van der Waals surface area (Å²) >= 11 is 0. The fourth-order valence-corrected chi connectivity index (χ4v) is 4.67. The lowest BCUT2D eigenvalue weighted by Gasteiger charge is -2.45. The van der Waals surface area contributed by atoms with Crippen molar-refractivity contribution in [2.75, 3.05) is 13.1 Å². The standard InChI is InChI=1S/C15H19F3N2O3S/c1-11(2)13-19(14(21)15(16,17)18)9-6-10-20(13)24(22,23)12-7-4-3-5-8-12/h3-5,7-8,11,13H,6,9-10H2,1-2H3. The highest BCUT2D eigenvalue weighted by molar-refractivity contribution is 7.89. The molecule has 0 aliphatic carbocycles. The maximum absolute atomic E-state index is 12.9. The first-order valence-corrected chi connectivity index (χ1v) is 8.95. The van der Waals surface area contributed by atoms with Gasteiger partial charge in [-0.3, -0.25) is 4.79 Å². The van der Waals surface area contributed by atoms with Crippen LogP contribution in [0.25, 0.3) is 0 Å². The first kappa shape index (κ1) is 18.7. The number of carbonyl (C=O) groups excluding carboxylic acids is 1. The van der Waals surface area contributed by atoms with Gasteiger partial charge in [-0.25, -0.2) is 8.42 Å². The molecule has 1 saturated heterocycles. The average molecular weight is 364 g/mol. The van der Waals surface area contributed by atoms with Crippen LogP contribution in [-0.2, 0) is 14.8 Å². The summed E-state index contributed by atoms with van der Waals surface area (Å²) in [5, 5.41) is 0. The molecule has 1 aromatic rings. The van der Waals surface area contributed by atoms with E-state index in [2.05, 4.69) is 0 Å². The fourth-order valence-electron chi connectivity index (χ4n) is 2.88. The Morgan fingerprint density at radius 3 is 2.25 bits per heavy atom. The average Bonchev–Trinajstić information content (AvgIpc) is 2.53. The van der Waals surface area contributed by atoms with Gasteiger partial charge in [-0.1, -0.05) is 32.0 Å². The van der Waals surface area contributed by atoms with Gasteiger partial charge >= 0.3 is 12.1 Å². The van der Waals surface area contributed by atoms with Crippen molar-refractivity contribution in [3.8, 4) is 0 Å². The molecule has 1 aromatic carbocycles. The van der Waals surface area contributed by atoms with Crippen LogP contribution in [-0.4, -0.2) is 49.0 Å². The minimum absolute atomic E-state index is 0.00282. The zero-order chi connectivity index (χ0) is 18.1. The van der Waals surface area contributed by atoms with E-state index in [1.807, 2.05) is 0 Å². The van der Waals surface area contributed by atoms with Gasteiger partial charge in [0.2, 0.25) is 10.0 Å². The van der Waals surface area contributed by atoms with Gasteiger partial charge in [-0.2, -0.15) is 17.5 Å². The second kappa shape index (κ2) is 6.72. The lowest BCUT2D eigenvalue weighted by molar-refractivity contribution is -0.193. The number of nitrogens with zero attached hydrogens (tertiary/aromatic N) is 2. The Morgan fingerprint density at radius 1 is 1.17 bits per heavy atom. The molecule has 5 nitrogen and oxygen atoms in total. The molecule has 0 spiro atoms. The van der Waals surface area contributed by atoms with Crippen molar-refractivity contribution in [1.29, 1.82) is 0 Å². The number of benzene rings is 1. The number of halogens is 3. The zero-order valence-electron chi connectivity index (χ0n) is 13.3. The second-order valence-electron chi connectivity index (χ2n) is 5.94. The Morgan fingerprint density at radius 2 is 1.75 bits per heavy atom. The Labute approximate surface area is 139 Å². The highest BCUT2D eigenvalue weighted by Crippen LogP contribution is 2.31. The van der Waals surface area contributed by atoms with Crippen LogP contribution in [0.15, 0.2) is 35.2 Å². The Kier molecular flexibility index (Phi) is 5.24. The van der Waals surface area contributed by atoms with Gasteiger partial charge in [0.05, 0.1) is 4.90 Å². The number of amides is 1. The summed E-state index contributed by atoms with van der Waals surface area (Å²) in [6.07, 6.45) is -6.05. The van der Waals surface area contributed by atoms with E-state index < -0.39 is 34.2 Å². The SMILES string of the molecule is CC(C)C1N(C(=O)C(F)(F)F)CCCN1S(=O)(=O)c1ccccc1. The van der Waals surface area contributed by atoms with Crippen LogP contribution in [0, 0.1) is 5.92 Å². The number of carbonyl (C=O) groups is 1. The third kappa shape index (κ3) is 3.56. The van der Waals surface area contributed by atoms with Gasteiger partial charge in [0.25, 0.3) is 0 Å². The Balaban J connectivity index is 2.44. The molecule has 0 aromatic heterocycles. The van der Waals surface area contributed by atoms with Gasteiger partial charge in [0.1, 0.15) is 6.17 Å². The van der Waals surface area contributed by atoms with Gasteiger partial charge in [0, 0.05) is 13.1 Å². The normalized spacial score (nSPS) is 20.4. The summed E-state index contributed by atoms with van der Waals surface area (Å²) in [6, 6.07) is 7.50. The smallest absolute Gasteiger partial charge is 0.318 e. The molecule has 1 unspecified atom stereocenters. The van der Waals surface area contributed by atoms with E-state index in [1.165, 1.54) is 12.1 Å². The number of hydrogen-bond acceptors (Lipinski definition) is 3. The number of sulfonamides is 1. The molecule has 1 fully saturated rings. The van der Waals surface area contributed by atoms with Crippen LogP contribution in [0.1, 0.15) is 20.3 Å². The highest BCUT2D eigenvalue weighted by atomic mass is 32.2. The van der Waals surface area contributed by atoms with E-state index in [4.69, 9.17) is 0 Å². The van der Waals surface area contributed by atoms with Crippen molar-refractivity contribution in [3.63, 3.8) is 0 Å². The van der Waals surface area contributed by atoms with Crippen LogP contribution in [0.4, 0.5) is 13.2 Å². The van der Waals surface area contributed by atoms with Crippen molar-refractivity contribution in [3.05, 3.63) is 30.3 Å². The first-order valence-electron chi connectivity index (χ1n) is 7.51. The maximum Gasteiger partial charge on any atom is 0.471 e. The summed E-state index contributed by atoms with van der Waals surface area (Å²) < 4.78 is 65.2. The molecule has 0 saturated carbocycles. The third-order valence-electron chi connectivity index (χ3n) is 3.84. The lowest BCUT2D eigenvalue weighted by atomic mass is 10.1. The van der Waals surface area contributed by atoms with Crippen LogP contribution < -0.4 is 0 Å². The summed E-state index contributed by atoms with van der Waals surface area (Å²) in [6.45, 7) is 3.14. The molecular weight excluding hydrogens is 345 g/mol. The lowest BCUT2D eigenvalue weighted by Crippen LogP contribution is -2.61. The van der Waals surface area contributed by atoms with Crippen molar-refractivity contribution in [2.24, 2.45) is 5.92 Å². The largest absolute Gasteiger partial charge is 0.471 e. The number of alkyl halides is 3.